The molecule has 1 rings (SSSR count). The van der Waals surface area contributed by atoms with Gasteiger partial charge in [0.15, 0.2) is 0 Å². The van der Waals surface area contributed by atoms with Gasteiger partial charge in [0.2, 0.25) is 0 Å². The topological polar surface area (TPSA) is 12.9 Å². The SMILES string of the molecule is SC#Cc1ccncc1. The van der Waals surface area contributed by atoms with E-state index in [2.05, 4.69) is 28.8 Å². The van der Waals surface area contributed by atoms with Crippen LogP contribution in [0.25, 0.3) is 0 Å². The van der Waals surface area contributed by atoms with E-state index >= 15 is 0 Å². The molecule has 44 valence electrons. The average Bonchev–Trinajstić information content (AvgIpc) is 1.91. The predicted octanol–water partition coefficient (Wildman–Crippen LogP) is 1.32. The molecule has 0 aliphatic carbocycles. The molecule has 1 aromatic rings. The van der Waals surface area contributed by atoms with Crippen molar-refractivity contribution >= 4 is 12.6 Å². The fourth-order valence-electron chi connectivity index (χ4n) is 0.500. The van der Waals surface area contributed by atoms with E-state index in [-0.39, 0.29) is 0 Å². The minimum absolute atomic E-state index is 0.944. The number of rotatable bonds is 0. The third kappa shape index (κ3) is 1.79. The highest BCUT2D eigenvalue weighted by Gasteiger charge is 1.78. The molecule has 0 fully saturated rings. The molecule has 0 aliphatic heterocycles. The number of pyridine rings is 1. The molecule has 0 N–H and O–H groups in total. The summed E-state index contributed by atoms with van der Waals surface area (Å²) in [5.74, 6) is 2.78. The van der Waals surface area contributed by atoms with Crippen molar-refractivity contribution in [2.75, 3.05) is 0 Å². The van der Waals surface area contributed by atoms with Crippen molar-refractivity contribution in [2.45, 2.75) is 0 Å². The smallest absolute Gasteiger partial charge is 0.0284 e. The second kappa shape index (κ2) is 3.16. The van der Waals surface area contributed by atoms with E-state index in [0.29, 0.717) is 0 Å². The standard InChI is InChI=1S/C7H5NS/c9-6-3-7-1-4-8-5-2-7/h1-2,4-5,9H. The molecule has 0 unspecified atom stereocenters. The molecule has 0 atom stereocenters. The molecule has 0 saturated carbocycles. The number of thiol groups is 1. The van der Waals surface area contributed by atoms with E-state index < -0.39 is 0 Å². The number of aromatic nitrogens is 1. The summed E-state index contributed by atoms with van der Waals surface area (Å²) in [5, 5.41) is 2.50. The van der Waals surface area contributed by atoms with E-state index in [1.807, 2.05) is 12.1 Å². The minimum Gasteiger partial charge on any atom is -0.265 e. The first-order valence-corrected chi connectivity index (χ1v) is 2.93. The van der Waals surface area contributed by atoms with Crippen LogP contribution in [-0.4, -0.2) is 4.98 Å². The average molecular weight is 135 g/mol. The zero-order valence-electron chi connectivity index (χ0n) is 4.70. The third-order valence-corrected chi connectivity index (χ3v) is 0.992. The Balaban J connectivity index is 2.94. The summed E-state index contributed by atoms with van der Waals surface area (Å²) in [6.45, 7) is 0. The van der Waals surface area contributed by atoms with Gasteiger partial charge in [0, 0.05) is 18.0 Å². The van der Waals surface area contributed by atoms with E-state index in [9.17, 15) is 0 Å². The molecule has 2 heteroatoms. The first kappa shape index (κ1) is 6.18. The lowest BCUT2D eigenvalue weighted by Gasteiger charge is -1.82. The van der Waals surface area contributed by atoms with Crippen LogP contribution in [0.4, 0.5) is 0 Å². The summed E-state index contributed by atoms with van der Waals surface area (Å²) in [6, 6.07) is 3.67. The zero-order chi connectivity index (χ0) is 6.53. The molecule has 0 saturated heterocycles. The Bertz CT molecular complexity index is 232. The van der Waals surface area contributed by atoms with Crippen molar-refractivity contribution < 1.29 is 0 Å². The largest absolute Gasteiger partial charge is 0.265 e. The summed E-state index contributed by atoms with van der Waals surface area (Å²) in [4.78, 5) is 3.83. The van der Waals surface area contributed by atoms with Gasteiger partial charge in [-0.3, -0.25) is 4.98 Å². The highest BCUT2D eigenvalue weighted by atomic mass is 32.1. The van der Waals surface area contributed by atoms with Crippen molar-refractivity contribution in [1.29, 1.82) is 0 Å². The molecule has 0 bridgehead atoms. The van der Waals surface area contributed by atoms with Gasteiger partial charge in [0.1, 0.15) is 0 Å². The van der Waals surface area contributed by atoms with Gasteiger partial charge in [-0.1, -0.05) is 18.5 Å². The molecule has 0 spiro atoms. The predicted molar refractivity (Wildman–Crippen MR) is 40.1 cm³/mol. The molecule has 0 radical (unpaired) electrons. The summed E-state index contributed by atoms with van der Waals surface area (Å²) in [5.41, 5.74) is 0.944. The van der Waals surface area contributed by atoms with Crippen LogP contribution in [0.3, 0.4) is 0 Å². The van der Waals surface area contributed by atoms with Crippen LogP contribution in [0.15, 0.2) is 24.5 Å². The van der Waals surface area contributed by atoms with E-state index in [1.165, 1.54) is 0 Å². The summed E-state index contributed by atoms with van der Waals surface area (Å²) >= 11 is 3.75. The maximum Gasteiger partial charge on any atom is 0.0284 e. The molecule has 0 aliphatic rings. The Kier molecular flexibility index (Phi) is 2.17. The van der Waals surface area contributed by atoms with E-state index in [0.717, 1.165) is 5.56 Å². The van der Waals surface area contributed by atoms with Crippen molar-refractivity contribution in [3.63, 3.8) is 0 Å². The van der Waals surface area contributed by atoms with Gasteiger partial charge in [0.25, 0.3) is 0 Å². The van der Waals surface area contributed by atoms with Crippen molar-refractivity contribution in [3.05, 3.63) is 30.1 Å². The first-order chi connectivity index (χ1) is 4.43. The number of hydrogen-bond donors (Lipinski definition) is 1. The monoisotopic (exact) mass is 135 g/mol. The Hall–Kier alpha value is -0.940. The molecule has 0 amide bonds. The Morgan fingerprint density at radius 2 is 2.00 bits per heavy atom. The van der Waals surface area contributed by atoms with Gasteiger partial charge < -0.3 is 0 Å². The summed E-state index contributed by atoms with van der Waals surface area (Å²) in [6.07, 6.45) is 3.40. The molecular weight excluding hydrogens is 130 g/mol. The van der Waals surface area contributed by atoms with Crippen molar-refractivity contribution in [2.24, 2.45) is 0 Å². The molecule has 1 heterocycles. The molecular formula is C7H5NS. The van der Waals surface area contributed by atoms with Gasteiger partial charge >= 0.3 is 0 Å². The molecule has 0 aromatic carbocycles. The third-order valence-electron chi connectivity index (χ3n) is 0.881. The fraction of sp³-hybridized carbons (Fsp3) is 0. The van der Waals surface area contributed by atoms with Crippen LogP contribution < -0.4 is 0 Å². The fourth-order valence-corrected chi connectivity index (χ4v) is 0.629. The number of nitrogens with zero attached hydrogens (tertiary/aromatic N) is 1. The highest BCUT2D eigenvalue weighted by molar-refractivity contribution is 7.85. The van der Waals surface area contributed by atoms with Crippen LogP contribution >= 0.6 is 12.6 Å². The van der Waals surface area contributed by atoms with Crippen LogP contribution in [0, 0.1) is 11.2 Å². The van der Waals surface area contributed by atoms with Gasteiger partial charge in [-0.2, -0.15) is 0 Å². The lowest BCUT2D eigenvalue weighted by atomic mass is 10.3. The second-order valence-corrected chi connectivity index (χ2v) is 1.70. The molecule has 1 aromatic heterocycles. The van der Waals surface area contributed by atoms with Crippen LogP contribution in [0.1, 0.15) is 5.56 Å². The molecule has 9 heavy (non-hydrogen) atoms. The zero-order valence-corrected chi connectivity index (χ0v) is 5.60. The van der Waals surface area contributed by atoms with Crippen LogP contribution in [0.2, 0.25) is 0 Å². The van der Waals surface area contributed by atoms with E-state index in [4.69, 9.17) is 0 Å². The highest BCUT2D eigenvalue weighted by Crippen LogP contribution is 1.91. The maximum absolute atomic E-state index is 3.83. The van der Waals surface area contributed by atoms with Gasteiger partial charge in [-0.25, -0.2) is 0 Å². The Labute approximate surface area is 59.5 Å². The summed E-state index contributed by atoms with van der Waals surface area (Å²) in [7, 11) is 0. The quantitative estimate of drug-likeness (QED) is 0.418. The number of hydrogen-bond acceptors (Lipinski definition) is 2. The van der Waals surface area contributed by atoms with E-state index in [1.54, 1.807) is 12.4 Å². The summed E-state index contributed by atoms with van der Waals surface area (Å²) < 4.78 is 0. The Morgan fingerprint density at radius 3 is 2.56 bits per heavy atom. The molecule has 1 nitrogen and oxygen atoms in total. The van der Waals surface area contributed by atoms with Crippen LogP contribution in [0.5, 0.6) is 0 Å². The first-order valence-electron chi connectivity index (χ1n) is 2.48. The lowest BCUT2D eigenvalue weighted by molar-refractivity contribution is 1.32. The van der Waals surface area contributed by atoms with Gasteiger partial charge in [0.05, 0.1) is 0 Å². The normalized spacial score (nSPS) is 7.67. The van der Waals surface area contributed by atoms with Crippen molar-refractivity contribution in [3.8, 4) is 11.2 Å². The van der Waals surface area contributed by atoms with Crippen molar-refractivity contribution in [1.82, 2.24) is 4.98 Å². The second-order valence-electron chi connectivity index (χ2n) is 1.47. The Morgan fingerprint density at radius 1 is 1.33 bits per heavy atom. The lowest BCUT2D eigenvalue weighted by Crippen LogP contribution is -1.71. The van der Waals surface area contributed by atoms with Gasteiger partial charge in [-0.05, 0) is 17.4 Å². The van der Waals surface area contributed by atoms with Crippen LogP contribution in [-0.2, 0) is 0 Å². The maximum atomic E-state index is 3.83. The minimum atomic E-state index is 0.944. The van der Waals surface area contributed by atoms with Gasteiger partial charge in [-0.15, -0.1) is 0 Å².